The largest absolute Gasteiger partial charge is 0.476 e. The summed E-state index contributed by atoms with van der Waals surface area (Å²) in [5, 5.41) is 12.7. The molecule has 1 aliphatic heterocycles. The Hall–Kier alpha value is -2.15. The van der Waals surface area contributed by atoms with Crippen LogP contribution in [0.15, 0.2) is 22.1 Å². The van der Waals surface area contributed by atoms with Gasteiger partial charge < -0.3 is 19.7 Å². The second-order valence-corrected chi connectivity index (χ2v) is 4.53. The smallest absolute Gasteiger partial charge is 0.358 e. The molecule has 20 heavy (non-hydrogen) atoms. The highest BCUT2D eigenvalue weighted by Gasteiger charge is 2.20. The Labute approximate surface area is 115 Å². The van der Waals surface area contributed by atoms with E-state index < -0.39 is 23.5 Å². The number of carboxylic acids is 1. The fourth-order valence-electron chi connectivity index (χ4n) is 1.87. The van der Waals surface area contributed by atoms with Crippen LogP contribution in [-0.4, -0.2) is 34.7 Å². The maximum atomic E-state index is 11.8. The van der Waals surface area contributed by atoms with Crippen molar-refractivity contribution in [2.45, 2.75) is 32.5 Å². The summed E-state index contributed by atoms with van der Waals surface area (Å²) in [5.41, 5.74) is -0.348. The third kappa shape index (κ3) is 3.45. The molecule has 1 aliphatic rings. The molecule has 1 aromatic heterocycles. The van der Waals surface area contributed by atoms with E-state index >= 15 is 0 Å². The molecular weight excluding hydrogens is 264 g/mol. The number of oxime groups is 1. The minimum atomic E-state index is -1.32. The fourth-order valence-corrected chi connectivity index (χ4v) is 1.87. The van der Waals surface area contributed by atoms with E-state index in [1.165, 1.54) is 6.07 Å². The van der Waals surface area contributed by atoms with Crippen LogP contribution >= 0.6 is 0 Å². The maximum Gasteiger partial charge on any atom is 0.358 e. The van der Waals surface area contributed by atoms with E-state index in [1.54, 1.807) is 13.0 Å². The lowest BCUT2D eigenvalue weighted by molar-refractivity contribution is -0.162. The van der Waals surface area contributed by atoms with Gasteiger partial charge in [0.1, 0.15) is 0 Å². The van der Waals surface area contributed by atoms with Crippen LogP contribution in [0.4, 0.5) is 0 Å². The summed E-state index contributed by atoms with van der Waals surface area (Å²) in [7, 11) is 0. The van der Waals surface area contributed by atoms with Crippen molar-refractivity contribution < 1.29 is 19.5 Å². The second-order valence-electron chi connectivity index (χ2n) is 4.53. The number of aryl methyl sites for hydroxylation is 1. The van der Waals surface area contributed by atoms with Crippen molar-refractivity contribution in [3.63, 3.8) is 0 Å². The number of aromatic nitrogens is 1. The van der Waals surface area contributed by atoms with E-state index in [0.29, 0.717) is 18.7 Å². The normalized spacial score (nSPS) is 19.6. The first kappa shape index (κ1) is 14.3. The lowest BCUT2D eigenvalue weighted by Crippen LogP contribution is -2.27. The molecule has 108 valence electrons. The van der Waals surface area contributed by atoms with Gasteiger partial charge in [-0.15, -0.1) is 0 Å². The molecule has 0 bridgehead atoms. The molecule has 0 radical (unpaired) electrons. The highest BCUT2D eigenvalue weighted by atomic mass is 16.8. The Morgan fingerprint density at radius 3 is 2.90 bits per heavy atom. The summed E-state index contributed by atoms with van der Waals surface area (Å²) in [4.78, 5) is 30.6. The number of carboxylic acid groups (broad SMARTS) is 1. The molecule has 1 atom stereocenters. The monoisotopic (exact) mass is 280 g/mol. The first-order valence-corrected chi connectivity index (χ1v) is 6.37. The Kier molecular flexibility index (Phi) is 4.52. The van der Waals surface area contributed by atoms with Crippen LogP contribution in [0.25, 0.3) is 0 Å². The zero-order valence-electron chi connectivity index (χ0n) is 11.1. The van der Waals surface area contributed by atoms with Gasteiger partial charge in [0.2, 0.25) is 6.29 Å². The number of hydrogen-bond donors (Lipinski definition) is 2. The van der Waals surface area contributed by atoms with E-state index in [2.05, 4.69) is 10.1 Å². The predicted octanol–water partition coefficient (Wildman–Crippen LogP) is 1.02. The summed E-state index contributed by atoms with van der Waals surface area (Å²) in [5.74, 6) is -1.32. The van der Waals surface area contributed by atoms with Crippen LogP contribution in [0, 0.1) is 6.92 Å². The number of rotatable bonds is 4. The molecule has 0 amide bonds. The highest BCUT2D eigenvalue weighted by Crippen LogP contribution is 2.14. The van der Waals surface area contributed by atoms with Crippen LogP contribution in [0.3, 0.4) is 0 Å². The van der Waals surface area contributed by atoms with Crippen molar-refractivity contribution in [3.05, 3.63) is 33.7 Å². The molecule has 0 spiro atoms. The van der Waals surface area contributed by atoms with Gasteiger partial charge in [-0.1, -0.05) is 5.16 Å². The molecular formula is C13H16N2O5. The average molecular weight is 280 g/mol. The zero-order chi connectivity index (χ0) is 14.5. The van der Waals surface area contributed by atoms with Gasteiger partial charge in [-0.2, -0.15) is 0 Å². The molecule has 7 heteroatoms. The number of carbonyl (C=O) groups is 1. The van der Waals surface area contributed by atoms with Crippen LogP contribution in [0.1, 0.15) is 30.5 Å². The summed E-state index contributed by atoms with van der Waals surface area (Å²) in [6.07, 6.45) is 1.99. The van der Waals surface area contributed by atoms with Crippen LogP contribution < -0.4 is 5.56 Å². The zero-order valence-corrected chi connectivity index (χ0v) is 11.1. The van der Waals surface area contributed by atoms with Crippen molar-refractivity contribution in [2.75, 3.05) is 6.61 Å². The van der Waals surface area contributed by atoms with Crippen molar-refractivity contribution >= 4 is 11.7 Å². The number of nitrogens with zero attached hydrogens (tertiary/aromatic N) is 1. The Morgan fingerprint density at radius 2 is 2.30 bits per heavy atom. The Balaban J connectivity index is 2.21. The van der Waals surface area contributed by atoms with E-state index in [4.69, 9.17) is 14.7 Å². The third-order valence-corrected chi connectivity index (χ3v) is 2.91. The number of nitrogens with one attached hydrogen (secondary N) is 1. The number of H-pyrrole nitrogens is 1. The lowest BCUT2D eigenvalue weighted by Gasteiger charge is -2.20. The van der Waals surface area contributed by atoms with Crippen molar-refractivity contribution in [1.82, 2.24) is 4.98 Å². The number of ether oxygens (including phenoxy) is 1. The third-order valence-electron chi connectivity index (χ3n) is 2.91. The lowest BCUT2D eigenvalue weighted by atomic mass is 10.1. The molecule has 2 heterocycles. The molecule has 1 saturated heterocycles. The average Bonchev–Trinajstić information content (AvgIpc) is 2.42. The molecule has 1 unspecified atom stereocenters. The maximum absolute atomic E-state index is 11.8. The van der Waals surface area contributed by atoms with Gasteiger partial charge in [-0.3, -0.25) is 4.79 Å². The summed E-state index contributed by atoms with van der Waals surface area (Å²) in [6.45, 7) is 2.27. The van der Waals surface area contributed by atoms with Gasteiger partial charge in [0.05, 0.1) is 12.2 Å². The van der Waals surface area contributed by atoms with Crippen molar-refractivity contribution in [3.8, 4) is 0 Å². The first-order valence-electron chi connectivity index (χ1n) is 6.37. The van der Waals surface area contributed by atoms with Crippen LogP contribution in [0.5, 0.6) is 0 Å². The molecule has 2 N–H and O–H groups in total. The van der Waals surface area contributed by atoms with Gasteiger partial charge in [-0.05, 0) is 31.9 Å². The summed E-state index contributed by atoms with van der Waals surface area (Å²) < 4.78 is 5.29. The number of hydrogen-bond acceptors (Lipinski definition) is 5. The van der Waals surface area contributed by atoms with Gasteiger partial charge >= 0.3 is 5.97 Å². The molecule has 2 rings (SSSR count). The summed E-state index contributed by atoms with van der Waals surface area (Å²) >= 11 is 0. The molecule has 0 aliphatic carbocycles. The predicted molar refractivity (Wildman–Crippen MR) is 70.6 cm³/mol. The standard InChI is InChI=1S/C13H16N2O5/c1-8-5-6-9(12(16)14-8)11(13(17)18)15-20-10-4-2-3-7-19-10/h5-6,10H,2-4,7H2,1H3,(H,14,16)(H,17,18)/b15-11-. The van der Waals surface area contributed by atoms with E-state index in [0.717, 1.165) is 12.8 Å². The van der Waals surface area contributed by atoms with Gasteiger partial charge in [0.25, 0.3) is 5.56 Å². The van der Waals surface area contributed by atoms with Crippen LogP contribution in [0.2, 0.25) is 0 Å². The SMILES string of the molecule is Cc1ccc(/C(=N/OC2CCCCO2)C(=O)O)c(=O)[nH]1. The summed E-state index contributed by atoms with van der Waals surface area (Å²) in [6, 6.07) is 3.01. The van der Waals surface area contributed by atoms with E-state index in [-0.39, 0.29) is 5.56 Å². The second kappa shape index (κ2) is 6.33. The number of pyridine rings is 1. The molecule has 7 nitrogen and oxygen atoms in total. The van der Waals surface area contributed by atoms with Crippen LogP contribution in [-0.2, 0) is 14.4 Å². The minimum Gasteiger partial charge on any atom is -0.476 e. The van der Waals surface area contributed by atoms with Gasteiger partial charge in [0.15, 0.2) is 5.71 Å². The van der Waals surface area contributed by atoms with Gasteiger partial charge in [-0.25, -0.2) is 4.79 Å². The van der Waals surface area contributed by atoms with E-state index in [9.17, 15) is 9.59 Å². The van der Waals surface area contributed by atoms with Crippen molar-refractivity contribution in [1.29, 1.82) is 0 Å². The number of aromatic amines is 1. The molecule has 1 fully saturated rings. The Morgan fingerprint density at radius 1 is 1.50 bits per heavy atom. The highest BCUT2D eigenvalue weighted by molar-refractivity contribution is 6.42. The molecule has 0 aromatic carbocycles. The number of aliphatic carboxylic acids is 1. The fraction of sp³-hybridized carbons (Fsp3) is 0.462. The minimum absolute atomic E-state index is 0.0427. The topological polar surface area (TPSA) is 101 Å². The molecule has 0 saturated carbocycles. The first-order chi connectivity index (χ1) is 9.58. The van der Waals surface area contributed by atoms with Gasteiger partial charge in [0, 0.05) is 12.1 Å². The molecule has 1 aromatic rings. The quantitative estimate of drug-likeness (QED) is 0.633. The Bertz CT molecular complexity index is 572. The van der Waals surface area contributed by atoms with Crippen molar-refractivity contribution in [2.24, 2.45) is 5.16 Å². The van der Waals surface area contributed by atoms with E-state index in [1.807, 2.05) is 0 Å².